The quantitative estimate of drug-likeness (QED) is 0.379. The van der Waals surface area contributed by atoms with Gasteiger partial charge in [-0.15, -0.1) is 0 Å². The highest BCUT2D eigenvalue weighted by Crippen LogP contribution is 2.29. The Morgan fingerprint density at radius 3 is 2.52 bits per heavy atom. The van der Waals surface area contributed by atoms with Crippen molar-refractivity contribution in [2.45, 2.75) is 13.2 Å². The summed E-state index contributed by atoms with van der Waals surface area (Å²) >= 11 is 6.30. The van der Waals surface area contributed by atoms with Gasteiger partial charge in [-0.25, -0.2) is 9.78 Å². The van der Waals surface area contributed by atoms with E-state index >= 15 is 0 Å². The fourth-order valence-electron chi connectivity index (χ4n) is 2.99. The van der Waals surface area contributed by atoms with Crippen LogP contribution in [-0.2, 0) is 18.0 Å². The number of ether oxygens (including phenoxy) is 3. The van der Waals surface area contributed by atoms with Crippen LogP contribution in [0.4, 0.5) is 0 Å². The Kier molecular flexibility index (Phi) is 6.92. The molecule has 33 heavy (non-hydrogen) atoms. The number of methoxy groups -OCH3 is 2. The second-order valence-electron chi connectivity index (χ2n) is 6.84. The third kappa shape index (κ3) is 5.51. The molecule has 4 rings (SSSR count). The lowest BCUT2D eigenvalue weighted by Gasteiger charge is -2.07. The third-order valence-electron chi connectivity index (χ3n) is 4.62. The molecule has 0 radical (unpaired) electrons. The second kappa shape index (κ2) is 10.2. The minimum Gasteiger partial charge on any atom is -0.497 e. The molecule has 0 unspecified atom stereocenters. The van der Waals surface area contributed by atoms with E-state index in [0.29, 0.717) is 33.7 Å². The van der Waals surface area contributed by atoms with Crippen molar-refractivity contribution in [3.05, 3.63) is 80.9 Å². The van der Waals surface area contributed by atoms with Gasteiger partial charge in [0, 0.05) is 18.7 Å². The van der Waals surface area contributed by atoms with Crippen molar-refractivity contribution >= 4 is 23.8 Å². The van der Waals surface area contributed by atoms with E-state index in [-0.39, 0.29) is 19.0 Å². The maximum absolute atomic E-state index is 11.2. The maximum Gasteiger partial charge on any atom is 0.439 e. The Bertz CT molecular complexity index is 1310. The smallest absolute Gasteiger partial charge is 0.439 e. The molecule has 0 aliphatic rings. The summed E-state index contributed by atoms with van der Waals surface area (Å²) in [6, 6.07) is 12.6. The molecule has 170 valence electrons. The summed E-state index contributed by atoms with van der Waals surface area (Å²) in [5.74, 6) is 1.83. The van der Waals surface area contributed by atoms with Crippen LogP contribution in [0, 0.1) is 0 Å². The molecular formula is C23H20ClN3O6. The minimum absolute atomic E-state index is 0.124. The number of rotatable bonds is 9. The molecule has 2 heterocycles. The lowest BCUT2D eigenvalue weighted by atomic mass is 10.2. The first-order chi connectivity index (χ1) is 16.1. The summed E-state index contributed by atoms with van der Waals surface area (Å²) in [5, 5.41) is 3.98. The van der Waals surface area contributed by atoms with Crippen molar-refractivity contribution in [2.75, 3.05) is 14.2 Å². The summed E-state index contributed by atoms with van der Waals surface area (Å²) in [6.45, 7) is 0.399. The lowest BCUT2D eigenvalue weighted by molar-refractivity contribution is 0.176. The van der Waals surface area contributed by atoms with Gasteiger partial charge in [-0.2, -0.15) is 0 Å². The molecule has 0 spiro atoms. The molecule has 0 saturated carbocycles. The third-order valence-corrected chi connectivity index (χ3v) is 4.93. The number of aromatic amines is 1. The average Bonchev–Trinajstić information content (AvgIpc) is 3.42. The van der Waals surface area contributed by atoms with Gasteiger partial charge < -0.3 is 18.6 Å². The Labute approximate surface area is 193 Å². The first kappa shape index (κ1) is 22.4. The summed E-state index contributed by atoms with van der Waals surface area (Å²) in [7, 11) is 3.21. The van der Waals surface area contributed by atoms with Crippen molar-refractivity contribution in [2.24, 2.45) is 0 Å². The number of benzene rings is 2. The van der Waals surface area contributed by atoms with Gasteiger partial charge >= 0.3 is 5.76 Å². The molecule has 1 N–H and O–H groups in total. The Hall–Kier alpha value is -3.82. The molecule has 10 heteroatoms. The number of nitrogens with zero attached hydrogens (tertiary/aromatic N) is 2. The molecule has 0 aliphatic heterocycles. The predicted octanol–water partition coefficient (Wildman–Crippen LogP) is 4.58. The lowest BCUT2D eigenvalue weighted by Crippen LogP contribution is -2.00. The first-order valence-corrected chi connectivity index (χ1v) is 10.2. The topological polar surface area (TPSA) is 113 Å². The van der Waals surface area contributed by atoms with Crippen molar-refractivity contribution < 1.29 is 23.2 Å². The second-order valence-corrected chi connectivity index (χ2v) is 7.24. The number of hydrogen-bond acceptors (Lipinski definition) is 8. The van der Waals surface area contributed by atoms with E-state index < -0.39 is 5.76 Å². The Morgan fingerprint density at radius 1 is 1.06 bits per heavy atom. The van der Waals surface area contributed by atoms with Crippen molar-refractivity contribution in [1.29, 1.82) is 0 Å². The van der Waals surface area contributed by atoms with E-state index in [2.05, 4.69) is 19.6 Å². The van der Waals surface area contributed by atoms with Gasteiger partial charge in [0.1, 0.15) is 23.8 Å². The van der Waals surface area contributed by atoms with Crippen molar-refractivity contribution in [1.82, 2.24) is 15.1 Å². The molecule has 0 atom stereocenters. The van der Waals surface area contributed by atoms with E-state index in [1.54, 1.807) is 38.5 Å². The molecular weight excluding hydrogens is 450 g/mol. The van der Waals surface area contributed by atoms with E-state index in [1.165, 1.54) is 0 Å². The van der Waals surface area contributed by atoms with Gasteiger partial charge in [0.15, 0.2) is 11.6 Å². The van der Waals surface area contributed by atoms with Crippen LogP contribution in [0.15, 0.2) is 56.2 Å². The van der Waals surface area contributed by atoms with Gasteiger partial charge in [0.05, 0.1) is 18.7 Å². The number of nitrogens with one attached hydrogen (secondary N) is 1. The first-order valence-electron chi connectivity index (χ1n) is 9.84. The van der Waals surface area contributed by atoms with Gasteiger partial charge in [-0.3, -0.25) is 9.51 Å². The zero-order chi connectivity index (χ0) is 23.2. The number of oxazole rings is 1. The summed E-state index contributed by atoms with van der Waals surface area (Å²) in [6.07, 6.45) is 3.66. The summed E-state index contributed by atoms with van der Waals surface area (Å²) < 4.78 is 26.6. The Balaban J connectivity index is 1.47. The van der Waals surface area contributed by atoms with Gasteiger partial charge in [0.2, 0.25) is 5.89 Å². The monoisotopic (exact) mass is 469 g/mol. The number of aromatic nitrogens is 3. The summed E-state index contributed by atoms with van der Waals surface area (Å²) in [5.41, 5.74) is 2.12. The summed E-state index contributed by atoms with van der Waals surface area (Å²) in [4.78, 5) is 18.1. The van der Waals surface area contributed by atoms with Gasteiger partial charge in [-0.1, -0.05) is 28.9 Å². The fourth-order valence-corrected chi connectivity index (χ4v) is 3.25. The van der Waals surface area contributed by atoms with Gasteiger partial charge in [0.25, 0.3) is 0 Å². The molecule has 0 amide bonds. The van der Waals surface area contributed by atoms with Crippen LogP contribution in [0.2, 0.25) is 5.02 Å². The van der Waals surface area contributed by atoms with E-state index in [0.717, 1.165) is 11.3 Å². The Morgan fingerprint density at radius 2 is 1.85 bits per heavy atom. The molecule has 9 nitrogen and oxygen atoms in total. The van der Waals surface area contributed by atoms with Crippen molar-refractivity contribution in [3.63, 3.8) is 0 Å². The van der Waals surface area contributed by atoms with Gasteiger partial charge in [-0.05, 0) is 42.0 Å². The highest BCUT2D eigenvalue weighted by atomic mass is 35.5. The van der Waals surface area contributed by atoms with Crippen LogP contribution in [0.1, 0.15) is 22.9 Å². The number of hydrogen-bond donors (Lipinski definition) is 1. The molecule has 0 fully saturated rings. The molecule has 0 aliphatic carbocycles. The van der Waals surface area contributed by atoms with Crippen LogP contribution in [0.5, 0.6) is 11.5 Å². The average molecular weight is 470 g/mol. The van der Waals surface area contributed by atoms with Crippen LogP contribution >= 0.6 is 11.6 Å². The van der Waals surface area contributed by atoms with Crippen molar-refractivity contribution in [3.8, 4) is 22.9 Å². The zero-order valence-corrected chi connectivity index (χ0v) is 18.6. The molecule has 2 aromatic heterocycles. The fraction of sp³-hybridized carbons (Fsp3) is 0.174. The van der Waals surface area contributed by atoms with Crippen LogP contribution in [0.3, 0.4) is 0 Å². The molecule has 4 aromatic rings. The standard InChI is InChI=1S/C23H20ClN3O6/c1-29-12-19-20(32-21(25-19)10-5-14-3-6-15(30-2)7-4-14)13-31-16-8-9-17(18(24)11-16)22-26-23(28)33-27-22/h3-11H,12-13H2,1-2H3,(H,26,27,28). The van der Waals surface area contributed by atoms with E-state index in [1.807, 2.05) is 30.3 Å². The highest BCUT2D eigenvalue weighted by molar-refractivity contribution is 6.33. The minimum atomic E-state index is -0.658. The number of halogens is 1. The van der Waals surface area contributed by atoms with Crippen LogP contribution in [0.25, 0.3) is 23.5 Å². The molecule has 0 saturated heterocycles. The predicted molar refractivity (Wildman–Crippen MR) is 121 cm³/mol. The maximum atomic E-state index is 11.2. The number of H-pyrrole nitrogens is 1. The van der Waals surface area contributed by atoms with E-state index in [4.69, 9.17) is 30.2 Å². The van der Waals surface area contributed by atoms with E-state index in [9.17, 15) is 4.79 Å². The molecule has 2 aromatic carbocycles. The SMILES string of the molecule is COCc1nc(C=Cc2ccc(OC)cc2)oc1COc1ccc(-c2noc(=O)[nH]2)c(Cl)c1. The van der Waals surface area contributed by atoms with Crippen LogP contribution < -0.4 is 15.2 Å². The normalized spacial score (nSPS) is 11.2. The zero-order valence-electron chi connectivity index (χ0n) is 17.8. The molecule has 0 bridgehead atoms. The largest absolute Gasteiger partial charge is 0.497 e. The van der Waals surface area contributed by atoms with Crippen LogP contribution in [-0.4, -0.2) is 29.3 Å². The highest BCUT2D eigenvalue weighted by Gasteiger charge is 2.14.